The molecule has 1 heterocycles. The van der Waals surface area contributed by atoms with Gasteiger partial charge in [-0.15, -0.1) is 11.3 Å². The molecule has 1 aromatic carbocycles. The quantitative estimate of drug-likeness (QED) is 0.841. The fourth-order valence-corrected chi connectivity index (χ4v) is 2.62. The zero-order chi connectivity index (χ0) is 11.4. The molecule has 0 N–H and O–H groups in total. The predicted molar refractivity (Wildman–Crippen MR) is 70.3 cm³/mol. The van der Waals surface area contributed by atoms with Crippen molar-refractivity contribution in [2.45, 2.75) is 19.3 Å². The van der Waals surface area contributed by atoms with E-state index in [1.807, 2.05) is 37.3 Å². The van der Waals surface area contributed by atoms with Gasteiger partial charge < -0.3 is 4.74 Å². The molecule has 2 nitrogen and oxygen atoms in total. The lowest BCUT2D eigenvalue weighted by Crippen LogP contribution is -1.94. The summed E-state index contributed by atoms with van der Waals surface area (Å²) in [6.07, 6.45) is 0. The number of hydrogen-bond donors (Lipinski definition) is 1. The van der Waals surface area contributed by atoms with E-state index in [0.717, 1.165) is 22.2 Å². The van der Waals surface area contributed by atoms with Crippen LogP contribution in [-0.2, 0) is 12.4 Å². The fraction of sp³-hybridized carbons (Fsp3) is 0.250. The minimum Gasteiger partial charge on any atom is -0.486 e. The maximum Gasteiger partial charge on any atom is 0.140 e. The normalized spacial score (nSPS) is 10.4. The highest BCUT2D eigenvalue weighted by Gasteiger charge is 2.06. The first kappa shape index (κ1) is 11.5. The lowest BCUT2D eigenvalue weighted by molar-refractivity contribution is 0.305. The summed E-state index contributed by atoms with van der Waals surface area (Å²) < 4.78 is 5.63. The molecule has 4 heteroatoms. The first-order valence-corrected chi connectivity index (χ1v) is 6.48. The lowest BCUT2D eigenvalue weighted by Gasteiger charge is -2.02. The highest BCUT2D eigenvalue weighted by molar-refractivity contribution is 7.79. The van der Waals surface area contributed by atoms with E-state index < -0.39 is 0 Å². The van der Waals surface area contributed by atoms with Crippen LogP contribution in [0.3, 0.4) is 0 Å². The van der Waals surface area contributed by atoms with E-state index in [1.54, 1.807) is 11.3 Å². The Morgan fingerprint density at radius 1 is 1.31 bits per heavy atom. The molecule has 0 aliphatic carbocycles. The summed E-state index contributed by atoms with van der Waals surface area (Å²) in [5, 5.41) is 1.01. The van der Waals surface area contributed by atoms with Crippen LogP contribution < -0.4 is 4.74 Å². The van der Waals surface area contributed by atoms with Gasteiger partial charge in [-0.1, -0.05) is 18.2 Å². The second-order valence-corrected chi connectivity index (χ2v) is 4.86. The fourth-order valence-electron chi connectivity index (χ4n) is 1.36. The molecule has 0 spiro atoms. The standard InChI is InChI=1S/C12H13NOS2/c1-9-11(8-15)16-12(13-9)7-14-10-5-3-2-4-6-10/h2-6,15H,7-8H2,1H3. The van der Waals surface area contributed by atoms with E-state index >= 15 is 0 Å². The molecule has 0 saturated carbocycles. The molecule has 16 heavy (non-hydrogen) atoms. The number of rotatable bonds is 4. The maximum absolute atomic E-state index is 5.63. The summed E-state index contributed by atoms with van der Waals surface area (Å²) in [6, 6.07) is 9.78. The van der Waals surface area contributed by atoms with Crippen LogP contribution in [0.1, 0.15) is 15.6 Å². The molecular formula is C12H13NOS2. The zero-order valence-electron chi connectivity index (χ0n) is 9.01. The van der Waals surface area contributed by atoms with E-state index in [9.17, 15) is 0 Å². The van der Waals surface area contributed by atoms with E-state index in [-0.39, 0.29) is 0 Å². The van der Waals surface area contributed by atoms with Crippen molar-refractivity contribution in [2.75, 3.05) is 0 Å². The summed E-state index contributed by atoms with van der Waals surface area (Å²) in [6.45, 7) is 2.54. The Morgan fingerprint density at radius 2 is 2.06 bits per heavy atom. The monoisotopic (exact) mass is 251 g/mol. The average molecular weight is 251 g/mol. The van der Waals surface area contributed by atoms with Gasteiger partial charge >= 0.3 is 0 Å². The molecule has 2 aromatic rings. The third kappa shape index (κ3) is 2.77. The predicted octanol–water partition coefficient (Wildman–Crippen LogP) is 3.46. The van der Waals surface area contributed by atoms with Crippen molar-refractivity contribution in [1.82, 2.24) is 4.98 Å². The van der Waals surface area contributed by atoms with Crippen LogP contribution in [0.2, 0.25) is 0 Å². The van der Waals surface area contributed by atoms with Gasteiger partial charge in [-0.2, -0.15) is 12.6 Å². The number of para-hydroxylation sites is 1. The summed E-state index contributed by atoms with van der Waals surface area (Å²) in [5.41, 5.74) is 1.06. The largest absolute Gasteiger partial charge is 0.486 e. The number of thiol groups is 1. The number of ether oxygens (including phenoxy) is 1. The van der Waals surface area contributed by atoms with Crippen molar-refractivity contribution in [2.24, 2.45) is 0 Å². The minimum absolute atomic E-state index is 0.531. The van der Waals surface area contributed by atoms with Gasteiger partial charge in [0.2, 0.25) is 0 Å². The van der Waals surface area contributed by atoms with Crippen molar-refractivity contribution in [1.29, 1.82) is 0 Å². The summed E-state index contributed by atoms with van der Waals surface area (Å²) in [5.74, 6) is 1.62. The van der Waals surface area contributed by atoms with Crippen LogP contribution >= 0.6 is 24.0 Å². The zero-order valence-corrected chi connectivity index (χ0v) is 10.7. The van der Waals surface area contributed by atoms with Gasteiger partial charge in [-0.3, -0.25) is 0 Å². The highest BCUT2D eigenvalue weighted by atomic mass is 32.1. The Morgan fingerprint density at radius 3 is 2.69 bits per heavy atom. The SMILES string of the molecule is Cc1nc(COc2ccccc2)sc1CS. The van der Waals surface area contributed by atoms with Crippen molar-refractivity contribution in [3.05, 3.63) is 45.9 Å². The molecule has 0 unspecified atom stereocenters. The van der Waals surface area contributed by atoms with Crippen molar-refractivity contribution < 1.29 is 4.74 Å². The number of aromatic nitrogens is 1. The number of thiazole rings is 1. The van der Waals surface area contributed by atoms with Gasteiger partial charge in [0.25, 0.3) is 0 Å². The molecule has 0 saturated heterocycles. The van der Waals surface area contributed by atoms with E-state index in [2.05, 4.69) is 17.6 Å². The van der Waals surface area contributed by atoms with Crippen LogP contribution in [0.4, 0.5) is 0 Å². The molecule has 0 bridgehead atoms. The molecule has 0 fully saturated rings. The average Bonchev–Trinajstić information content (AvgIpc) is 2.69. The van der Waals surface area contributed by atoms with Gasteiger partial charge in [0.05, 0.1) is 5.69 Å². The number of benzene rings is 1. The van der Waals surface area contributed by atoms with Gasteiger partial charge in [0.1, 0.15) is 17.4 Å². The van der Waals surface area contributed by atoms with Crippen LogP contribution in [-0.4, -0.2) is 4.98 Å². The molecular weight excluding hydrogens is 238 g/mol. The van der Waals surface area contributed by atoms with Crippen LogP contribution in [0.25, 0.3) is 0 Å². The second-order valence-electron chi connectivity index (χ2n) is 3.38. The van der Waals surface area contributed by atoms with Gasteiger partial charge in [-0.25, -0.2) is 4.98 Å². The molecule has 2 rings (SSSR count). The summed E-state index contributed by atoms with van der Waals surface area (Å²) in [7, 11) is 0. The minimum atomic E-state index is 0.531. The Labute approximate surface area is 105 Å². The number of aryl methyl sites for hydroxylation is 1. The van der Waals surface area contributed by atoms with Gasteiger partial charge in [0.15, 0.2) is 0 Å². The number of hydrogen-bond acceptors (Lipinski definition) is 4. The van der Waals surface area contributed by atoms with Crippen molar-refractivity contribution in [3.8, 4) is 5.75 Å². The van der Waals surface area contributed by atoms with Gasteiger partial charge in [-0.05, 0) is 19.1 Å². The molecule has 0 aliphatic heterocycles. The van der Waals surface area contributed by atoms with E-state index in [4.69, 9.17) is 4.74 Å². The van der Waals surface area contributed by atoms with E-state index in [0.29, 0.717) is 6.61 Å². The first-order valence-electron chi connectivity index (χ1n) is 5.03. The molecule has 0 amide bonds. The third-order valence-electron chi connectivity index (χ3n) is 2.19. The Hall–Kier alpha value is -1.00. The maximum atomic E-state index is 5.63. The molecule has 1 aromatic heterocycles. The Kier molecular flexibility index (Phi) is 3.85. The van der Waals surface area contributed by atoms with Crippen LogP contribution in [0, 0.1) is 6.92 Å². The Bertz CT molecular complexity index is 453. The van der Waals surface area contributed by atoms with Crippen LogP contribution in [0.5, 0.6) is 5.75 Å². The molecule has 0 atom stereocenters. The third-order valence-corrected chi connectivity index (χ3v) is 3.85. The highest BCUT2D eigenvalue weighted by Crippen LogP contribution is 2.21. The van der Waals surface area contributed by atoms with Crippen molar-refractivity contribution >= 4 is 24.0 Å². The lowest BCUT2D eigenvalue weighted by atomic mass is 10.3. The smallest absolute Gasteiger partial charge is 0.140 e. The summed E-state index contributed by atoms with van der Waals surface area (Å²) >= 11 is 5.93. The molecule has 0 radical (unpaired) electrons. The first-order chi connectivity index (χ1) is 7.79. The Balaban J connectivity index is 2.00. The molecule has 0 aliphatic rings. The molecule has 84 valence electrons. The van der Waals surface area contributed by atoms with Crippen LogP contribution in [0.15, 0.2) is 30.3 Å². The topological polar surface area (TPSA) is 22.1 Å². The number of nitrogens with zero attached hydrogens (tertiary/aromatic N) is 1. The van der Waals surface area contributed by atoms with Crippen molar-refractivity contribution in [3.63, 3.8) is 0 Å². The van der Waals surface area contributed by atoms with E-state index in [1.165, 1.54) is 4.88 Å². The van der Waals surface area contributed by atoms with Gasteiger partial charge in [0, 0.05) is 10.6 Å². The summed E-state index contributed by atoms with van der Waals surface area (Å²) in [4.78, 5) is 5.66. The second kappa shape index (κ2) is 5.37.